The van der Waals surface area contributed by atoms with Gasteiger partial charge >= 0.3 is 0 Å². The Morgan fingerprint density at radius 3 is 2.36 bits per heavy atom. The third kappa shape index (κ3) is 4.70. The van der Waals surface area contributed by atoms with E-state index in [1.807, 2.05) is 43.3 Å². The van der Waals surface area contributed by atoms with Gasteiger partial charge < -0.3 is 9.47 Å². The smallest absolute Gasteiger partial charge is 0.119 e. The second-order valence-corrected chi connectivity index (χ2v) is 6.86. The average molecular weight is 351 g/mol. The van der Waals surface area contributed by atoms with Crippen LogP contribution in [-0.4, -0.2) is 18.7 Å². The summed E-state index contributed by atoms with van der Waals surface area (Å²) in [7, 11) is 1.68. The molecule has 0 N–H and O–H groups in total. The largest absolute Gasteiger partial charge is 0.497 e. The Labute approximate surface area is 152 Å². The Hall–Kier alpha value is -2.59. The minimum Gasteiger partial charge on any atom is -0.497 e. The van der Waals surface area contributed by atoms with E-state index in [2.05, 4.69) is 24.1 Å². The van der Waals surface area contributed by atoms with Crippen molar-refractivity contribution >= 4 is 11.3 Å². The summed E-state index contributed by atoms with van der Waals surface area (Å²) in [6.45, 7) is 6.34. The lowest BCUT2D eigenvalue weighted by atomic mass is 10.1. The van der Waals surface area contributed by atoms with Gasteiger partial charge in [0, 0.05) is 17.4 Å². The predicted molar refractivity (Wildman–Crippen MR) is 104 cm³/mol. The molecule has 2 aromatic carbocycles. The van der Waals surface area contributed by atoms with Crippen molar-refractivity contribution in [2.45, 2.75) is 13.3 Å². The molecular weight excluding hydrogens is 330 g/mol. The van der Waals surface area contributed by atoms with Gasteiger partial charge in [-0.1, -0.05) is 18.7 Å². The van der Waals surface area contributed by atoms with E-state index in [-0.39, 0.29) is 0 Å². The average Bonchev–Trinajstić information content (AvgIpc) is 3.09. The number of rotatable bonds is 7. The summed E-state index contributed by atoms with van der Waals surface area (Å²) in [5.41, 5.74) is 4.33. The van der Waals surface area contributed by atoms with Crippen LogP contribution < -0.4 is 9.47 Å². The van der Waals surface area contributed by atoms with Crippen LogP contribution >= 0.6 is 11.3 Å². The summed E-state index contributed by atoms with van der Waals surface area (Å²) in [6.07, 6.45) is 0.828. The highest BCUT2D eigenvalue weighted by atomic mass is 32.1. The molecule has 0 spiro atoms. The first-order valence-electron chi connectivity index (χ1n) is 8.09. The van der Waals surface area contributed by atoms with Crippen molar-refractivity contribution in [3.8, 4) is 22.8 Å². The molecule has 0 saturated carbocycles. The van der Waals surface area contributed by atoms with Crippen LogP contribution in [0.5, 0.6) is 11.5 Å². The maximum atomic E-state index is 5.63. The van der Waals surface area contributed by atoms with E-state index in [0.717, 1.165) is 39.8 Å². The van der Waals surface area contributed by atoms with E-state index in [1.54, 1.807) is 18.4 Å². The van der Waals surface area contributed by atoms with Gasteiger partial charge in [0.1, 0.15) is 18.1 Å². The molecule has 0 saturated heterocycles. The first kappa shape index (κ1) is 17.2. The van der Waals surface area contributed by atoms with Crippen LogP contribution in [0.1, 0.15) is 17.5 Å². The number of methoxy groups -OCH3 is 1. The quantitative estimate of drug-likeness (QED) is 0.537. The number of hydrogen-bond acceptors (Lipinski definition) is 4. The van der Waals surface area contributed by atoms with Gasteiger partial charge in [0.05, 0.1) is 17.8 Å². The van der Waals surface area contributed by atoms with Crippen LogP contribution in [0.3, 0.4) is 0 Å². The zero-order valence-corrected chi connectivity index (χ0v) is 15.3. The van der Waals surface area contributed by atoms with Gasteiger partial charge in [-0.3, -0.25) is 0 Å². The molecule has 1 heterocycles. The van der Waals surface area contributed by atoms with Gasteiger partial charge in [-0.05, 0) is 54.5 Å². The van der Waals surface area contributed by atoms with E-state index >= 15 is 0 Å². The predicted octanol–water partition coefficient (Wildman–Crippen LogP) is 5.36. The first-order valence-corrected chi connectivity index (χ1v) is 8.97. The zero-order chi connectivity index (χ0) is 17.6. The van der Waals surface area contributed by atoms with E-state index in [9.17, 15) is 0 Å². The van der Waals surface area contributed by atoms with Gasteiger partial charge in [0.2, 0.25) is 0 Å². The fourth-order valence-electron chi connectivity index (χ4n) is 2.37. The molecule has 0 fully saturated rings. The van der Waals surface area contributed by atoms with Crippen LogP contribution in [0.4, 0.5) is 0 Å². The summed E-state index contributed by atoms with van der Waals surface area (Å²) in [5, 5.41) is 3.20. The second-order valence-electron chi connectivity index (χ2n) is 5.92. The standard InChI is InChI=1S/C21H21NO2S/c1-15(2)13-24-19-10-6-17(7-11-19)20-14-25-21(22-20)12-16-4-8-18(23-3)9-5-16/h4-11,14H,1,12-13H2,2-3H3. The molecule has 25 heavy (non-hydrogen) atoms. The second kappa shape index (κ2) is 7.99. The highest BCUT2D eigenvalue weighted by Gasteiger charge is 2.06. The van der Waals surface area contributed by atoms with Gasteiger partial charge in [-0.15, -0.1) is 11.3 Å². The number of nitrogens with zero attached hydrogens (tertiary/aromatic N) is 1. The highest BCUT2D eigenvalue weighted by molar-refractivity contribution is 7.10. The van der Waals surface area contributed by atoms with Gasteiger partial charge in [0.25, 0.3) is 0 Å². The normalized spacial score (nSPS) is 10.5. The molecule has 0 aliphatic heterocycles. The van der Waals surface area contributed by atoms with Crippen molar-refractivity contribution in [3.63, 3.8) is 0 Å². The zero-order valence-electron chi connectivity index (χ0n) is 14.5. The Morgan fingerprint density at radius 2 is 1.72 bits per heavy atom. The summed E-state index contributed by atoms with van der Waals surface area (Å²) < 4.78 is 10.8. The molecule has 128 valence electrons. The summed E-state index contributed by atoms with van der Waals surface area (Å²) in [4.78, 5) is 4.75. The maximum absolute atomic E-state index is 5.63. The van der Waals surface area contributed by atoms with E-state index in [0.29, 0.717) is 6.61 Å². The molecule has 0 aliphatic carbocycles. The fraction of sp³-hybridized carbons (Fsp3) is 0.190. The molecular formula is C21H21NO2S. The Balaban J connectivity index is 1.66. The summed E-state index contributed by atoms with van der Waals surface area (Å²) >= 11 is 1.68. The maximum Gasteiger partial charge on any atom is 0.119 e. The highest BCUT2D eigenvalue weighted by Crippen LogP contribution is 2.26. The SMILES string of the molecule is C=C(C)COc1ccc(-c2csc(Cc3ccc(OC)cc3)n2)cc1. The van der Waals surface area contributed by atoms with Gasteiger partial charge in [-0.2, -0.15) is 0 Å². The lowest BCUT2D eigenvalue weighted by molar-refractivity contribution is 0.353. The molecule has 3 nitrogen and oxygen atoms in total. The van der Waals surface area contributed by atoms with Crippen LogP contribution in [0.2, 0.25) is 0 Å². The lowest BCUT2D eigenvalue weighted by Crippen LogP contribution is -1.97. The van der Waals surface area contributed by atoms with Crippen LogP contribution in [0.15, 0.2) is 66.1 Å². The molecule has 4 heteroatoms. The monoisotopic (exact) mass is 351 g/mol. The van der Waals surface area contributed by atoms with Crippen LogP contribution in [0, 0.1) is 0 Å². The summed E-state index contributed by atoms with van der Waals surface area (Å²) in [5.74, 6) is 1.72. The van der Waals surface area contributed by atoms with Crippen molar-refractivity contribution in [1.29, 1.82) is 0 Å². The van der Waals surface area contributed by atoms with E-state index in [4.69, 9.17) is 14.5 Å². The van der Waals surface area contributed by atoms with Crippen molar-refractivity contribution in [2.24, 2.45) is 0 Å². The Bertz CT molecular complexity index is 835. The molecule has 0 unspecified atom stereocenters. The Kier molecular flexibility index (Phi) is 5.51. The molecule has 0 bridgehead atoms. The number of thiazole rings is 1. The minimum atomic E-state index is 0.544. The molecule has 0 atom stereocenters. The number of ether oxygens (including phenoxy) is 2. The fourth-order valence-corrected chi connectivity index (χ4v) is 3.21. The molecule has 0 radical (unpaired) electrons. The van der Waals surface area contributed by atoms with E-state index < -0.39 is 0 Å². The summed E-state index contributed by atoms with van der Waals surface area (Å²) in [6, 6.07) is 16.1. The van der Waals surface area contributed by atoms with Crippen LogP contribution in [-0.2, 0) is 6.42 Å². The third-order valence-corrected chi connectivity index (χ3v) is 4.55. The van der Waals surface area contributed by atoms with Gasteiger partial charge in [0.15, 0.2) is 0 Å². The third-order valence-electron chi connectivity index (χ3n) is 3.70. The number of hydrogen-bond donors (Lipinski definition) is 0. The molecule has 3 rings (SSSR count). The number of aromatic nitrogens is 1. The van der Waals surface area contributed by atoms with Crippen molar-refractivity contribution in [3.05, 3.63) is 76.6 Å². The van der Waals surface area contributed by atoms with Crippen molar-refractivity contribution in [2.75, 3.05) is 13.7 Å². The lowest BCUT2D eigenvalue weighted by Gasteiger charge is -2.06. The topological polar surface area (TPSA) is 31.4 Å². The van der Waals surface area contributed by atoms with Gasteiger partial charge in [-0.25, -0.2) is 4.98 Å². The molecule has 0 amide bonds. The number of benzene rings is 2. The van der Waals surface area contributed by atoms with Crippen molar-refractivity contribution < 1.29 is 9.47 Å². The van der Waals surface area contributed by atoms with Crippen LogP contribution in [0.25, 0.3) is 11.3 Å². The minimum absolute atomic E-state index is 0.544. The Morgan fingerprint density at radius 1 is 1.04 bits per heavy atom. The van der Waals surface area contributed by atoms with Crippen molar-refractivity contribution in [1.82, 2.24) is 4.98 Å². The van der Waals surface area contributed by atoms with E-state index in [1.165, 1.54) is 5.56 Å². The first-order chi connectivity index (χ1) is 12.1. The molecule has 3 aromatic rings. The molecule has 0 aliphatic rings. The molecule has 1 aromatic heterocycles.